The van der Waals surface area contributed by atoms with Crippen LogP contribution >= 0.6 is 0 Å². The molecular formula is C13H13N3O5. The monoisotopic (exact) mass is 291 g/mol. The minimum Gasteiger partial charge on any atom is -0.481 e. The number of nitrogens with zero attached hydrogens (tertiary/aromatic N) is 3. The smallest absolute Gasteiger partial charge is 0.311 e. The Kier molecular flexibility index (Phi) is 4.05. The zero-order chi connectivity index (χ0) is 15.6. The van der Waals surface area contributed by atoms with E-state index in [1.165, 1.54) is 18.2 Å². The minimum absolute atomic E-state index is 0.0601. The first kappa shape index (κ1) is 14.7. The van der Waals surface area contributed by atoms with E-state index in [0.29, 0.717) is 5.69 Å². The first-order valence-electron chi connectivity index (χ1n) is 6.17. The molecule has 0 bridgehead atoms. The van der Waals surface area contributed by atoms with Crippen LogP contribution in [0, 0.1) is 27.4 Å². The first-order chi connectivity index (χ1) is 9.95. The maximum atomic E-state index is 11.2. The summed E-state index contributed by atoms with van der Waals surface area (Å²) < 4.78 is 5.20. The van der Waals surface area contributed by atoms with Gasteiger partial charge in [0.2, 0.25) is 0 Å². The number of nitro groups is 1. The molecule has 1 heterocycles. The molecule has 1 aromatic rings. The van der Waals surface area contributed by atoms with Gasteiger partial charge in [0.15, 0.2) is 0 Å². The topological polar surface area (TPSA) is 117 Å². The standard InChI is InChI=1S/C13H13N3O5/c1-15(12-7-21-6-10(12)13(17)18)9-2-3-11(16(19)20)8(4-9)5-14/h2-4,10,12H,6-7H2,1H3,(H,17,18). The number of hydrogen-bond acceptors (Lipinski definition) is 6. The van der Waals surface area contributed by atoms with Gasteiger partial charge in [-0.15, -0.1) is 0 Å². The summed E-state index contributed by atoms with van der Waals surface area (Å²) in [6, 6.07) is 5.53. The van der Waals surface area contributed by atoms with Gasteiger partial charge in [-0.3, -0.25) is 14.9 Å². The average Bonchev–Trinajstić information content (AvgIpc) is 2.95. The lowest BCUT2D eigenvalue weighted by Gasteiger charge is -2.28. The van der Waals surface area contributed by atoms with Gasteiger partial charge >= 0.3 is 5.97 Å². The Hall–Kier alpha value is -2.66. The summed E-state index contributed by atoms with van der Waals surface area (Å²) in [6.45, 7) is 0.384. The van der Waals surface area contributed by atoms with E-state index in [9.17, 15) is 14.9 Å². The van der Waals surface area contributed by atoms with Crippen molar-refractivity contribution in [2.45, 2.75) is 6.04 Å². The van der Waals surface area contributed by atoms with Crippen LogP contribution in [0.25, 0.3) is 0 Å². The number of anilines is 1. The molecule has 0 spiro atoms. The van der Waals surface area contributed by atoms with Crippen LogP contribution in [0.2, 0.25) is 0 Å². The van der Waals surface area contributed by atoms with E-state index in [4.69, 9.17) is 15.1 Å². The van der Waals surface area contributed by atoms with Gasteiger partial charge in [-0.25, -0.2) is 0 Å². The fourth-order valence-electron chi connectivity index (χ4n) is 2.34. The molecule has 1 aromatic carbocycles. The molecule has 1 saturated heterocycles. The Bertz CT molecular complexity index is 625. The lowest BCUT2D eigenvalue weighted by molar-refractivity contribution is -0.385. The highest BCUT2D eigenvalue weighted by Crippen LogP contribution is 2.28. The van der Waals surface area contributed by atoms with Crippen molar-refractivity contribution in [1.29, 1.82) is 5.26 Å². The molecule has 110 valence electrons. The number of rotatable bonds is 4. The zero-order valence-electron chi connectivity index (χ0n) is 11.2. The largest absolute Gasteiger partial charge is 0.481 e. The summed E-state index contributed by atoms with van der Waals surface area (Å²) >= 11 is 0. The van der Waals surface area contributed by atoms with E-state index < -0.39 is 16.8 Å². The molecule has 8 heteroatoms. The number of carboxylic acids is 1. The van der Waals surface area contributed by atoms with E-state index >= 15 is 0 Å². The number of aliphatic carboxylic acids is 1. The number of carboxylic acid groups (broad SMARTS) is 1. The highest BCUT2D eigenvalue weighted by molar-refractivity contribution is 5.73. The second-order valence-electron chi connectivity index (χ2n) is 4.73. The lowest BCUT2D eigenvalue weighted by atomic mass is 10.0. The molecular weight excluding hydrogens is 278 g/mol. The fourth-order valence-corrected chi connectivity index (χ4v) is 2.34. The Labute approximate surface area is 120 Å². The number of nitro benzene ring substituents is 1. The van der Waals surface area contributed by atoms with Gasteiger partial charge in [0.1, 0.15) is 17.6 Å². The summed E-state index contributed by atoms with van der Waals surface area (Å²) in [7, 11) is 1.68. The number of carbonyl (C=O) groups is 1. The third-order valence-corrected chi connectivity index (χ3v) is 3.57. The van der Waals surface area contributed by atoms with E-state index in [1.807, 2.05) is 0 Å². The Morgan fingerprint density at radius 2 is 2.29 bits per heavy atom. The van der Waals surface area contributed by atoms with Gasteiger partial charge in [0, 0.05) is 18.8 Å². The summed E-state index contributed by atoms with van der Waals surface area (Å²) in [5, 5.41) is 28.9. The van der Waals surface area contributed by atoms with Crippen LogP contribution in [0.15, 0.2) is 18.2 Å². The normalized spacial score (nSPS) is 20.8. The highest BCUT2D eigenvalue weighted by Gasteiger charge is 2.37. The second-order valence-corrected chi connectivity index (χ2v) is 4.73. The van der Waals surface area contributed by atoms with Gasteiger partial charge in [0.05, 0.1) is 24.2 Å². The van der Waals surface area contributed by atoms with Crippen LogP contribution in [0.5, 0.6) is 0 Å². The summed E-state index contributed by atoms with van der Waals surface area (Å²) in [5.74, 6) is -1.62. The zero-order valence-corrected chi connectivity index (χ0v) is 11.2. The van der Waals surface area contributed by atoms with E-state index in [-0.39, 0.29) is 30.5 Å². The van der Waals surface area contributed by atoms with E-state index in [0.717, 1.165) is 0 Å². The fraction of sp³-hybridized carbons (Fsp3) is 0.385. The number of likely N-dealkylation sites (N-methyl/N-ethyl adjacent to an activating group) is 1. The molecule has 8 nitrogen and oxygen atoms in total. The van der Waals surface area contributed by atoms with Crippen LogP contribution in [-0.2, 0) is 9.53 Å². The van der Waals surface area contributed by atoms with E-state index in [1.54, 1.807) is 18.0 Å². The molecule has 0 saturated carbocycles. The summed E-state index contributed by atoms with van der Waals surface area (Å²) in [5.41, 5.74) is 0.209. The van der Waals surface area contributed by atoms with Crippen molar-refractivity contribution in [2.24, 2.45) is 5.92 Å². The van der Waals surface area contributed by atoms with Crippen LogP contribution in [0.3, 0.4) is 0 Å². The molecule has 1 aliphatic rings. The molecule has 1 fully saturated rings. The Morgan fingerprint density at radius 1 is 1.57 bits per heavy atom. The molecule has 0 aliphatic carbocycles. The van der Waals surface area contributed by atoms with Crippen molar-refractivity contribution in [3.63, 3.8) is 0 Å². The molecule has 0 aromatic heterocycles. The number of hydrogen-bond donors (Lipinski definition) is 1. The van der Waals surface area contributed by atoms with Crippen molar-refractivity contribution >= 4 is 17.3 Å². The molecule has 21 heavy (non-hydrogen) atoms. The molecule has 0 amide bonds. The van der Waals surface area contributed by atoms with Crippen molar-refractivity contribution < 1.29 is 19.6 Å². The second kappa shape index (κ2) is 5.76. The number of nitriles is 1. The molecule has 2 rings (SSSR count). The quantitative estimate of drug-likeness (QED) is 0.649. The Morgan fingerprint density at radius 3 is 2.86 bits per heavy atom. The van der Waals surface area contributed by atoms with Crippen LogP contribution < -0.4 is 4.90 Å². The number of ether oxygens (including phenoxy) is 1. The highest BCUT2D eigenvalue weighted by atomic mass is 16.6. The van der Waals surface area contributed by atoms with Gasteiger partial charge in [-0.05, 0) is 12.1 Å². The first-order valence-corrected chi connectivity index (χ1v) is 6.17. The Balaban J connectivity index is 2.32. The van der Waals surface area contributed by atoms with Gasteiger partial charge in [-0.1, -0.05) is 0 Å². The maximum Gasteiger partial charge on any atom is 0.311 e. The number of benzene rings is 1. The van der Waals surface area contributed by atoms with Crippen LogP contribution in [0.4, 0.5) is 11.4 Å². The average molecular weight is 291 g/mol. The molecule has 2 unspecified atom stereocenters. The predicted octanol–water partition coefficient (Wildman–Crippen LogP) is 1.00. The van der Waals surface area contributed by atoms with Crippen molar-refractivity contribution in [3.8, 4) is 6.07 Å². The van der Waals surface area contributed by atoms with Crippen LogP contribution in [0.1, 0.15) is 5.56 Å². The summed E-state index contributed by atoms with van der Waals surface area (Å²) in [6.07, 6.45) is 0. The van der Waals surface area contributed by atoms with Crippen LogP contribution in [-0.4, -0.2) is 42.3 Å². The molecule has 1 aliphatic heterocycles. The third kappa shape index (κ3) is 2.78. The predicted molar refractivity (Wildman–Crippen MR) is 71.9 cm³/mol. The van der Waals surface area contributed by atoms with Gasteiger partial charge in [-0.2, -0.15) is 5.26 Å². The molecule has 2 atom stereocenters. The van der Waals surface area contributed by atoms with Crippen molar-refractivity contribution in [1.82, 2.24) is 0 Å². The summed E-state index contributed by atoms with van der Waals surface area (Å²) in [4.78, 5) is 23.0. The molecule has 1 N–H and O–H groups in total. The SMILES string of the molecule is CN(c1ccc([N+](=O)[O-])c(C#N)c1)C1COCC1C(=O)O. The lowest BCUT2D eigenvalue weighted by Crippen LogP contribution is -2.40. The van der Waals surface area contributed by atoms with Gasteiger partial charge < -0.3 is 14.7 Å². The maximum absolute atomic E-state index is 11.2. The minimum atomic E-state index is -0.952. The van der Waals surface area contributed by atoms with Gasteiger partial charge in [0.25, 0.3) is 5.69 Å². The third-order valence-electron chi connectivity index (χ3n) is 3.57. The van der Waals surface area contributed by atoms with Crippen molar-refractivity contribution in [2.75, 3.05) is 25.2 Å². The van der Waals surface area contributed by atoms with Crippen molar-refractivity contribution in [3.05, 3.63) is 33.9 Å². The molecule has 0 radical (unpaired) electrons. The van der Waals surface area contributed by atoms with E-state index in [2.05, 4.69) is 0 Å².